The maximum Gasteiger partial charge on any atom is 0.246 e. The summed E-state index contributed by atoms with van der Waals surface area (Å²) in [5.74, 6) is -0.103. The molecule has 1 rings (SSSR count). The molecule has 0 saturated carbocycles. The minimum atomic E-state index is -0.306. The van der Waals surface area contributed by atoms with Crippen molar-refractivity contribution in [1.82, 2.24) is 15.1 Å². The van der Waals surface area contributed by atoms with Gasteiger partial charge in [0.05, 0.1) is 12.5 Å². The van der Waals surface area contributed by atoms with Crippen molar-refractivity contribution in [3.05, 3.63) is 0 Å². The van der Waals surface area contributed by atoms with E-state index in [1.54, 1.807) is 0 Å². The first kappa shape index (κ1) is 14.1. The molecule has 0 aromatic carbocycles. The van der Waals surface area contributed by atoms with Crippen LogP contribution in [0, 0.1) is 0 Å². The SMILES string of the molecule is CCCN1C(=O)CC(NCCN(C)CC)C1=O. The average molecular weight is 241 g/mol. The van der Waals surface area contributed by atoms with E-state index >= 15 is 0 Å². The van der Waals surface area contributed by atoms with Gasteiger partial charge in [0, 0.05) is 19.6 Å². The molecule has 2 amide bonds. The quantitative estimate of drug-likeness (QED) is 0.641. The van der Waals surface area contributed by atoms with Crippen LogP contribution in [0.4, 0.5) is 0 Å². The maximum absolute atomic E-state index is 11.9. The van der Waals surface area contributed by atoms with Gasteiger partial charge in [0.1, 0.15) is 0 Å². The van der Waals surface area contributed by atoms with E-state index in [1.807, 2.05) is 14.0 Å². The summed E-state index contributed by atoms with van der Waals surface area (Å²) in [6.07, 6.45) is 1.14. The Morgan fingerprint density at radius 3 is 2.71 bits per heavy atom. The molecule has 1 saturated heterocycles. The summed E-state index contributed by atoms with van der Waals surface area (Å²) in [7, 11) is 2.03. The minimum Gasteiger partial charge on any atom is -0.305 e. The Labute approximate surface area is 103 Å². The third-order valence-electron chi connectivity index (χ3n) is 3.12. The largest absolute Gasteiger partial charge is 0.305 e. The molecule has 5 nitrogen and oxygen atoms in total. The summed E-state index contributed by atoms with van der Waals surface area (Å²) in [4.78, 5) is 27.0. The Morgan fingerprint density at radius 2 is 2.12 bits per heavy atom. The van der Waals surface area contributed by atoms with Gasteiger partial charge in [0.25, 0.3) is 0 Å². The van der Waals surface area contributed by atoms with Crippen LogP contribution in [-0.2, 0) is 9.59 Å². The first-order chi connectivity index (χ1) is 8.10. The third kappa shape index (κ3) is 3.78. The highest BCUT2D eigenvalue weighted by Gasteiger charge is 2.37. The van der Waals surface area contributed by atoms with Crippen molar-refractivity contribution in [3.8, 4) is 0 Å². The summed E-state index contributed by atoms with van der Waals surface area (Å²) in [6, 6.07) is -0.306. The number of likely N-dealkylation sites (tertiary alicyclic amines) is 1. The summed E-state index contributed by atoms with van der Waals surface area (Å²) in [6.45, 7) is 7.23. The number of carbonyl (C=O) groups is 2. The van der Waals surface area contributed by atoms with Crippen molar-refractivity contribution < 1.29 is 9.59 Å². The van der Waals surface area contributed by atoms with Gasteiger partial charge in [-0.15, -0.1) is 0 Å². The second kappa shape index (κ2) is 6.71. The van der Waals surface area contributed by atoms with Gasteiger partial charge in [-0.2, -0.15) is 0 Å². The number of nitrogens with one attached hydrogen (secondary N) is 1. The zero-order valence-electron chi connectivity index (χ0n) is 11.0. The van der Waals surface area contributed by atoms with Crippen LogP contribution in [-0.4, -0.2) is 60.9 Å². The van der Waals surface area contributed by atoms with E-state index in [1.165, 1.54) is 4.90 Å². The Hall–Kier alpha value is -0.940. The van der Waals surface area contributed by atoms with Crippen LogP contribution >= 0.6 is 0 Å². The molecule has 1 atom stereocenters. The predicted octanol–water partition coefficient (Wildman–Crippen LogP) is 0.0652. The third-order valence-corrected chi connectivity index (χ3v) is 3.12. The molecule has 0 bridgehead atoms. The number of likely N-dealkylation sites (N-methyl/N-ethyl adjacent to an activating group) is 1. The Bertz CT molecular complexity index is 281. The highest BCUT2D eigenvalue weighted by atomic mass is 16.2. The molecule has 17 heavy (non-hydrogen) atoms. The fraction of sp³-hybridized carbons (Fsp3) is 0.833. The fourth-order valence-corrected chi connectivity index (χ4v) is 1.89. The Kier molecular flexibility index (Phi) is 5.58. The van der Waals surface area contributed by atoms with Gasteiger partial charge in [0.2, 0.25) is 11.8 Å². The van der Waals surface area contributed by atoms with Crippen LogP contribution < -0.4 is 5.32 Å². The number of amides is 2. The zero-order chi connectivity index (χ0) is 12.8. The van der Waals surface area contributed by atoms with Crippen LogP contribution in [0.3, 0.4) is 0 Å². The number of rotatable bonds is 7. The first-order valence-electron chi connectivity index (χ1n) is 6.36. The van der Waals surface area contributed by atoms with Gasteiger partial charge < -0.3 is 10.2 Å². The molecule has 1 unspecified atom stereocenters. The second-order valence-corrected chi connectivity index (χ2v) is 4.49. The number of nitrogens with zero attached hydrogens (tertiary/aromatic N) is 2. The molecule has 1 aliphatic rings. The van der Waals surface area contributed by atoms with Gasteiger partial charge in [0.15, 0.2) is 0 Å². The Morgan fingerprint density at radius 1 is 1.41 bits per heavy atom. The van der Waals surface area contributed by atoms with Crippen molar-refractivity contribution in [2.75, 3.05) is 33.2 Å². The standard InChI is InChI=1S/C12H23N3O2/c1-4-7-15-11(16)9-10(12(15)17)13-6-8-14(3)5-2/h10,13H,4-9H2,1-3H3. The lowest BCUT2D eigenvalue weighted by molar-refractivity contribution is -0.138. The lowest BCUT2D eigenvalue weighted by atomic mass is 10.2. The van der Waals surface area contributed by atoms with Crippen LogP contribution in [0.2, 0.25) is 0 Å². The van der Waals surface area contributed by atoms with Gasteiger partial charge >= 0.3 is 0 Å². The van der Waals surface area contributed by atoms with Crippen LogP contribution in [0.1, 0.15) is 26.7 Å². The highest BCUT2D eigenvalue weighted by molar-refractivity contribution is 6.05. The van der Waals surface area contributed by atoms with Crippen molar-refractivity contribution in [1.29, 1.82) is 0 Å². The van der Waals surface area contributed by atoms with Gasteiger partial charge in [-0.05, 0) is 20.0 Å². The summed E-state index contributed by atoms with van der Waals surface area (Å²) in [5.41, 5.74) is 0. The number of carbonyl (C=O) groups excluding carboxylic acids is 2. The molecule has 0 aromatic heterocycles. The molecule has 1 aliphatic heterocycles. The molecule has 1 heterocycles. The minimum absolute atomic E-state index is 0.0433. The van der Waals surface area contributed by atoms with E-state index in [9.17, 15) is 9.59 Å². The Balaban J connectivity index is 2.36. The van der Waals surface area contributed by atoms with Gasteiger partial charge in [-0.1, -0.05) is 13.8 Å². The number of hydrogen-bond donors (Lipinski definition) is 1. The molecule has 98 valence electrons. The predicted molar refractivity (Wildman–Crippen MR) is 66.6 cm³/mol. The molecular weight excluding hydrogens is 218 g/mol. The topological polar surface area (TPSA) is 52.7 Å². The van der Waals surface area contributed by atoms with Crippen molar-refractivity contribution >= 4 is 11.8 Å². The average Bonchev–Trinajstić information content (AvgIpc) is 2.57. The zero-order valence-corrected chi connectivity index (χ0v) is 11.0. The van der Waals surface area contributed by atoms with E-state index in [-0.39, 0.29) is 17.9 Å². The number of hydrogen-bond acceptors (Lipinski definition) is 4. The lowest BCUT2D eigenvalue weighted by Crippen LogP contribution is -2.41. The summed E-state index contributed by atoms with van der Waals surface area (Å²) in [5, 5.41) is 3.16. The molecule has 0 radical (unpaired) electrons. The maximum atomic E-state index is 11.9. The van der Waals surface area contributed by atoms with Gasteiger partial charge in [-0.3, -0.25) is 14.5 Å². The molecule has 0 aliphatic carbocycles. The molecule has 0 spiro atoms. The molecule has 5 heteroatoms. The first-order valence-corrected chi connectivity index (χ1v) is 6.36. The van der Waals surface area contributed by atoms with Gasteiger partial charge in [-0.25, -0.2) is 0 Å². The van der Waals surface area contributed by atoms with E-state index in [2.05, 4.69) is 17.1 Å². The molecule has 1 N–H and O–H groups in total. The lowest BCUT2D eigenvalue weighted by Gasteiger charge is -2.17. The van der Waals surface area contributed by atoms with Crippen LogP contribution in [0.25, 0.3) is 0 Å². The highest BCUT2D eigenvalue weighted by Crippen LogP contribution is 2.13. The summed E-state index contributed by atoms with van der Waals surface area (Å²) >= 11 is 0. The summed E-state index contributed by atoms with van der Waals surface area (Å²) < 4.78 is 0. The molecular formula is C12H23N3O2. The van der Waals surface area contributed by atoms with E-state index in [0.29, 0.717) is 13.0 Å². The normalized spacial score (nSPS) is 20.7. The molecule has 1 fully saturated rings. The second-order valence-electron chi connectivity index (χ2n) is 4.49. The smallest absolute Gasteiger partial charge is 0.246 e. The van der Waals surface area contributed by atoms with Crippen molar-refractivity contribution in [3.63, 3.8) is 0 Å². The van der Waals surface area contributed by atoms with E-state index in [4.69, 9.17) is 0 Å². The molecule has 0 aromatic rings. The van der Waals surface area contributed by atoms with Crippen LogP contribution in [0.15, 0.2) is 0 Å². The van der Waals surface area contributed by atoms with E-state index in [0.717, 1.165) is 26.1 Å². The van der Waals surface area contributed by atoms with Crippen molar-refractivity contribution in [2.24, 2.45) is 0 Å². The number of imide groups is 1. The van der Waals surface area contributed by atoms with Crippen molar-refractivity contribution in [2.45, 2.75) is 32.7 Å². The van der Waals surface area contributed by atoms with E-state index < -0.39 is 0 Å². The monoisotopic (exact) mass is 241 g/mol. The van der Waals surface area contributed by atoms with Crippen LogP contribution in [0.5, 0.6) is 0 Å². The fourth-order valence-electron chi connectivity index (χ4n) is 1.89.